The van der Waals surface area contributed by atoms with Crippen LogP contribution >= 0.6 is 0 Å². The molecule has 0 bridgehead atoms. The van der Waals surface area contributed by atoms with E-state index in [-0.39, 0.29) is 36.7 Å². The molecule has 9 nitrogen and oxygen atoms in total. The average molecular weight is 506 g/mol. The molecule has 5 rings (SSSR count). The fraction of sp³-hybridized carbons (Fsp3) is 0.429. The molecule has 0 spiro atoms. The summed E-state index contributed by atoms with van der Waals surface area (Å²) in [5.41, 5.74) is 3.51. The predicted molar refractivity (Wildman–Crippen MR) is 133 cm³/mol. The van der Waals surface area contributed by atoms with E-state index in [1.807, 2.05) is 18.2 Å². The third-order valence-corrected chi connectivity index (χ3v) is 7.48. The van der Waals surface area contributed by atoms with Crippen LogP contribution in [0.4, 0.5) is 0 Å². The maximum Gasteiger partial charge on any atom is 0.308 e. The molecular weight excluding hydrogens is 474 g/mol. The lowest BCUT2D eigenvalue weighted by atomic mass is 9.96. The van der Waals surface area contributed by atoms with E-state index in [9.17, 15) is 19.2 Å². The van der Waals surface area contributed by atoms with Gasteiger partial charge in [-0.1, -0.05) is 30.3 Å². The number of hydrogen-bond donors (Lipinski definition) is 1. The first-order valence-electron chi connectivity index (χ1n) is 12.7. The Morgan fingerprint density at radius 3 is 2.43 bits per heavy atom. The number of nitrogens with zero attached hydrogens (tertiary/aromatic N) is 2. The number of piperidine rings is 2. The first kappa shape index (κ1) is 25.0. The van der Waals surface area contributed by atoms with E-state index in [0.717, 1.165) is 43.6 Å². The number of methoxy groups -OCH3 is 1. The molecule has 0 aliphatic carbocycles. The number of carbonyl (C=O) groups is 4. The highest BCUT2D eigenvalue weighted by atomic mass is 16.5. The maximum atomic E-state index is 13.0. The summed E-state index contributed by atoms with van der Waals surface area (Å²) in [5, 5.41) is 2.33. The zero-order chi connectivity index (χ0) is 25.9. The molecule has 9 heteroatoms. The van der Waals surface area contributed by atoms with Crippen LogP contribution in [0.15, 0.2) is 42.5 Å². The third kappa shape index (κ3) is 5.36. The Morgan fingerprint density at radius 2 is 1.73 bits per heavy atom. The van der Waals surface area contributed by atoms with Gasteiger partial charge in [0.05, 0.1) is 19.6 Å². The Morgan fingerprint density at radius 1 is 1.00 bits per heavy atom. The first-order valence-corrected chi connectivity index (χ1v) is 12.7. The molecule has 0 radical (unpaired) electrons. The van der Waals surface area contributed by atoms with Crippen molar-refractivity contribution in [1.29, 1.82) is 0 Å². The van der Waals surface area contributed by atoms with Gasteiger partial charge >= 0.3 is 5.97 Å². The Kier molecular flexibility index (Phi) is 7.23. The van der Waals surface area contributed by atoms with Gasteiger partial charge in [-0.15, -0.1) is 0 Å². The van der Waals surface area contributed by atoms with Crippen molar-refractivity contribution in [3.05, 3.63) is 64.7 Å². The average Bonchev–Trinajstić information content (AvgIpc) is 3.25. The minimum atomic E-state index is -0.649. The summed E-state index contributed by atoms with van der Waals surface area (Å²) in [6, 6.07) is 13.0. The highest BCUT2D eigenvalue weighted by Crippen LogP contribution is 2.34. The van der Waals surface area contributed by atoms with Gasteiger partial charge in [-0.25, -0.2) is 0 Å². The summed E-state index contributed by atoms with van der Waals surface area (Å²) >= 11 is 0. The number of nitrogens with one attached hydrogen (secondary N) is 1. The van der Waals surface area contributed by atoms with Crippen molar-refractivity contribution < 1.29 is 28.7 Å². The van der Waals surface area contributed by atoms with Crippen LogP contribution in [0.5, 0.6) is 5.75 Å². The van der Waals surface area contributed by atoms with Crippen LogP contribution in [0.3, 0.4) is 0 Å². The highest BCUT2D eigenvalue weighted by Gasteiger charge is 2.40. The number of imide groups is 1. The maximum absolute atomic E-state index is 13.0. The normalized spacial score (nSPS) is 20.5. The predicted octanol–water partition coefficient (Wildman–Crippen LogP) is 2.41. The molecule has 194 valence electrons. The fourth-order valence-corrected chi connectivity index (χ4v) is 5.35. The lowest BCUT2D eigenvalue weighted by molar-refractivity contribution is -0.147. The molecule has 0 aromatic heterocycles. The Balaban J connectivity index is 1.17. The number of fused-ring (bicyclic) bond motifs is 1. The van der Waals surface area contributed by atoms with Crippen molar-refractivity contribution in [3.8, 4) is 5.75 Å². The van der Waals surface area contributed by atoms with Crippen molar-refractivity contribution in [3.63, 3.8) is 0 Å². The lowest BCUT2D eigenvalue weighted by Gasteiger charge is -2.30. The molecule has 37 heavy (non-hydrogen) atoms. The van der Waals surface area contributed by atoms with Gasteiger partial charge in [-0.2, -0.15) is 0 Å². The van der Waals surface area contributed by atoms with Crippen molar-refractivity contribution in [1.82, 2.24) is 15.1 Å². The van der Waals surface area contributed by atoms with Gasteiger partial charge in [0.2, 0.25) is 11.8 Å². The second-order valence-corrected chi connectivity index (χ2v) is 9.86. The van der Waals surface area contributed by atoms with Gasteiger partial charge in [0, 0.05) is 24.1 Å². The minimum absolute atomic E-state index is 0.00612. The molecule has 2 saturated heterocycles. The van der Waals surface area contributed by atoms with Gasteiger partial charge in [-0.05, 0) is 55.6 Å². The van der Waals surface area contributed by atoms with E-state index in [1.165, 1.54) is 17.6 Å². The second-order valence-electron chi connectivity index (χ2n) is 9.86. The molecular formula is C28H31N3O6. The van der Waals surface area contributed by atoms with Gasteiger partial charge < -0.3 is 14.4 Å². The minimum Gasteiger partial charge on any atom is -0.489 e. The van der Waals surface area contributed by atoms with Crippen LogP contribution in [0.2, 0.25) is 0 Å². The summed E-state index contributed by atoms with van der Waals surface area (Å²) in [6.45, 7) is 3.21. The summed E-state index contributed by atoms with van der Waals surface area (Å²) < 4.78 is 11.0. The topological polar surface area (TPSA) is 105 Å². The largest absolute Gasteiger partial charge is 0.489 e. The van der Waals surface area contributed by atoms with E-state index in [1.54, 1.807) is 12.1 Å². The lowest BCUT2D eigenvalue weighted by Crippen LogP contribution is -2.52. The second kappa shape index (κ2) is 10.7. The number of esters is 1. The third-order valence-electron chi connectivity index (χ3n) is 7.48. The zero-order valence-corrected chi connectivity index (χ0v) is 20.9. The molecule has 2 fully saturated rings. The van der Waals surface area contributed by atoms with Crippen molar-refractivity contribution >= 4 is 23.7 Å². The number of hydrogen-bond acceptors (Lipinski definition) is 7. The van der Waals surface area contributed by atoms with E-state index < -0.39 is 11.9 Å². The monoisotopic (exact) mass is 505 g/mol. The smallest absolute Gasteiger partial charge is 0.308 e. The zero-order valence-electron chi connectivity index (χ0n) is 20.9. The van der Waals surface area contributed by atoms with Crippen LogP contribution < -0.4 is 10.1 Å². The number of benzene rings is 2. The van der Waals surface area contributed by atoms with Gasteiger partial charge in [-0.3, -0.25) is 29.4 Å². The molecule has 3 amide bonds. The first-order chi connectivity index (χ1) is 17.9. The van der Waals surface area contributed by atoms with Crippen molar-refractivity contribution in [2.45, 2.75) is 51.4 Å². The molecule has 0 saturated carbocycles. The van der Waals surface area contributed by atoms with E-state index in [0.29, 0.717) is 24.3 Å². The van der Waals surface area contributed by atoms with E-state index in [4.69, 9.17) is 9.47 Å². The summed E-state index contributed by atoms with van der Waals surface area (Å²) in [5.74, 6) is -0.419. The number of amides is 3. The van der Waals surface area contributed by atoms with Crippen LogP contribution in [0.25, 0.3) is 0 Å². The molecule has 1 N–H and O–H groups in total. The van der Waals surface area contributed by atoms with Gasteiger partial charge in [0.15, 0.2) is 0 Å². The highest BCUT2D eigenvalue weighted by molar-refractivity contribution is 6.05. The van der Waals surface area contributed by atoms with E-state index in [2.05, 4.69) is 22.3 Å². The van der Waals surface area contributed by atoms with Crippen LogP contribution in [-0.2, 0) is 38.8 Å². The Labute approximate surface area is 215 Å². The molecule has 2 aromatic rings. The molecule has 3 heterocycles. The number of rotatable bonds is 7. The number of likely N-dealkylation sites (tertiary alicyclic amines) is 1. The van der Waals surface area contributed by atoms with Crippen molar-refractivity contribution in [2.24, 2.45) is 5.92 Å². The fourth-order valence-electron chi connectivity index (χ4n) is 5.35. The summed E-state index contributed by atoms with van der Waals surface area (Å²) in [7, 11) is 1.45. The van der Waals surface area contributed by atoms with Crippen molar-refractivity contribution in [2.75, 3.05) is 20.2 Å². The SMILES string of the molecule is COC(=O)C1CCN(Cc2ccc(COc3cccc4c3CN(C3CCC(=O)NC3=O)C4=O)cc2)CC1. The Bertz CT molecular complexity index is 1200. The standard InChI is InChI=1S/C28H31N3O6/c1-36-28(35)20-11-13-30(14-12-20)15-18-5-7-19(8-6-18)17-37-24-4-2-3-21-22(24)16-31(27(21)34)23-9-10-25(32)29-26(23)33/h2-8,20,23H,9-17H2,1H3,(H,29,32,33). The molecule has 1 unspecified atom stereocenters. The molecule has 1 atom stereocenters. The summed E-state index contributed by atoms with van der Waals surface area (Å²) in [4.78, 5) is 52.4. The van der Waals surface area contributed by atoms with Crippen LogP contribution in [0.1, 0.15) is 52.7 Å². The quantitative estimate of drug-likeness (QED) is 0.455. The molecule has 3 aliphatic heterocycles. The Hall–Kier alpha value is -3.72. The van der Waals surface area contributed by atoms with Gasteiger partial charge in [0.25, 0.3) is 5.91 Å². The molecule has 3 aliphatic rings. The van der Waals surface area contributed by atoms with E-state index >= 15 is 0 Å². The summed E-state index contributed by atoms with van der Waals surface area (Å²) in [6.07, 6.45) is 2.20. The van der Waals surface area contributed by atoms with Crippen LogP contribution in [-0.4, -0.2) is 59.7 Å². The molecule has 2 aromatic carbocycles. The van der Waals surface area contributed by atoms with Crippen LogP contribution in [0, 0.1) is 5.92 Å². The number of carbonyl (C=O) groups excluding carboxylic acids is 4. The van der Waals surface area contributed by atoms with Gasteiger partial charge in [0.1, 0.15) is 18.4 Å². The number of ether oxygens (including phenoxy) is 2.